The van der Waals surface area contributed by atoms with E-state index in [0.717, 1.165) is 5.69 Å². The Morgan fingerprint density at radius 3 is 3.00 bits per heavy atom. The van der Waals surface area contributed by atoms with Crippen LogP contribution in [0.1, 0.15) is 25.0 Å². The lowest BCUT2D eigenvalue weighted by Gasteiger charge is -2.38. The van der Waals surface area contributed by atoms with Crippen molar-refractivity contribution >= 4 is 11.8 Å². The molecule has 0 spiro atoms. The molecule has 20 heavy (non-hydrogen) atoms. The first-order chi connectivity index (χ1) is 9.52. The lowest BCUT2D eigenvalue weighted by molar-refractivity contribution is -0.141. The Kier molecular flexibility index (Phi) is 4.44. The van der Waals surface area contributed by atoms with E-state index < -0.39 is 5.60 Å². The minimum Gasteiger partial charge on any atom is -0.388 e. The Morgan fingerprint density at radius 1 is 1.55 bits per heavy atom. The molecule has 110 valence electrons. The first-order valence-electron chi connectivity index (χ1n) is 6.85. The number of nitrogens with one attached hydrogen (secondary N) is 2. The van der Waals surface area contributed by atoms with Gasteiger partial charge in [-0.15, -0.1) is 0 Å². The van der Waals surface area contributed by atoms with E-state index in [1.54, 1.807) is 18.1 Å². The molecule has 6 heteroatoms. The Hall–Kier alpha value is -1.82. The minimum atomic E-state index is -1.11. The number of nitrogens with zero attached hydrogens (tertiary/aromatic N) is 1. The van der Waals surface area contributed by atoms with Crippen LogP contribution in [0, 0.1) is 0 Å². The van der Waals surface area contributed by atoms with Crippen molar-refractivity contribution in [3.05, 3.63) is 24.0 Å². The molecular formula is C14H21N3O3. The fourth-order valence-corrected chi connectivity index (χ4v) is 2.61. The summed E-state index contributed by atoms with van der Waals surface area (Å²) in [4.78, 5) is 28.3. The number of carbonyl (C=O) groups is 2. The molecule has 1 aliphatic rings. The summed E-state index contributed by atoms with van der Waals surface area (Å²) in [5.41, 5.74) is -0.251. The first-order valence-corrected chi connectivity index (χ1v) is 6.85. The summed E-state index contributed by atoms with van der Waals surface area (Å²) in [5, 5.41) is 13.0. The molecule has 3 N–H and O–H groups in total. The summed E-state index contributed by atoms with van der Waals surface area (Å²) < 4.78 is 0. The van der Waals surface area contributed by atoms with Crippen LogP contribution in [0.5, 0.6) is 0 Å². The Labute approximate surface area is 118 Å². The number of β-amino-alcohol motifs (C(OH)–C–C–N with tert-alkyl or cyclic N) is 1. The third-order valence-electron chi connectivity index (χ3n) is 3.68. The number of carbonyl (C=O) groups excluding carboxylic acids is 2. The lowest BCUT2D eigenvalue weighted by atomic mass is 9.89. The van der Waals surface area contributed by atoms with Crippen molar-refractivity contribution in [2.24, 2.45) is 0 Å². The van der Waals surface area contributed by atoms with Crippen LogP contribution in [0.4, 0.5) is 0 Å². The molecule has 0 aliphatic carbocycles. The first kappa shape index (κ1) is 14.6. The van der Waals surface area contributed by atoms with Gasteiger partial charge in [0, 0.05) is 32.0 Å². The van der Waals surface area contributed by atoms with Crippen molar-refractivity contribution in [1.29, 1.82) is 0 Å². The van der Waals surface area contributed by atoms with E-state index in [0.29, 0.717) is 25.8 Å². The number of H-pyrrole nitrogens is 1. The maximum atomic E-state index is 12.2. The van der Waals surface area contributed by atoms with Gasteiger partial charge in [-0.05, 0) is 25.0 Å². The van der Waals surface area contributed by atoms with E-state index >= 15 is 0 Å². The number of hydrogen-bond donors (Lipinski definition) is 3. The molecule has 1 aliphatic heterocycles. The number of piperidine rings is 1. The van der Waals surface area contributed by atoms with Crippen LogP contribution in [0.25, 0.3) is 0 Å². The van der Waals surface area contributed by atoms with Crippen LogP contribution in [-0.2, 0) is 16.0 Å². The maximum absolute atomic E-state index is 12.2. The number of aromatic amines is 1. The molecule has 0 bridgehead atoms. The fourth-order valence-electron chi connectivity index (χ4n) is 2.61. The number of likely N-dealkylation sites (tertiary alicyclic amines) is 1. The zero-order chi connectivity index (χ0) is 14.6. The normalized spacial score (nSPS) is 22.6. The molecule has 2 rings (SSSR count). The number of rotatable bonds is 4. The Balaban J connectivity index is 1.95. The minimum absolute atomic E-state index is 0.0255. The summed E-state index contributed by atoms with van der Waals surface area (Å²) in [7, 11) is 1.54. The van der Waals surface area contributed by atoms with E-state index in [-0.39, 0.29) is 24.8 Å². The topological polar surface area (TPSA) is 85.4 Å². The van der Waals surface area contributed by atoms with Crippen LogP contribution < -0.4 is 5.32 Å². The summed E-state index contributed by atoms with van der Waals surface area (Å²) >= 11 is 0. The van der Waals surface area contributed by atoms with E-state index in [1.165, 1.54) is 0 Å². The lowest BCUT2D eigenvalue weighted by Crippen LogP contribution is -2.52. The zero-order valence-electron chi connectivity index (χ0n) is 11.7. The summed E-state index contributed by atoms with van der Waals surface area (Å²) in [6, 6.07) is 3.71. The van der Waals surface area contributed by atoms with Gasteiger partial charge in [0.25, 0.3) is 0 Å². The van der Waals surface area contributed by atoms with Gasteiger partial charge in [0.05, 0.1) is 18.4 Å². The van der Waals surface area contributed by atoms with Crippen molar-refractivity contribution in [2.75, 3.05) is 20.1 Å². The highest BCUT2D eigenvalue weighted by Gasteiger charge is 2.36. The molecular weight excluding hydrogens is 258 g/mol. The highest BCUT2D eigenvalue weighted by Crippen LogP contribution is 2.25. The molecule has 0 radical (unpaired) electrons. The average Bonchev–Trinajstić information content (AvgIpc) is 2.91. The SMILES string of the molecule is CNC(=O)CC1(O)CCCN(C(=O)Cc2ccc[nH]2)C1. The predicted molar refractivity (Wildman–Crippen MR) is 73.9 cm³/mol. The smallest absolute Gasteiger partial charge is 0.228 e. The second-order valence-corrected chi connectivity index (χ2v) is 5.37. The standard InChI is InChI=1S/C14H21N3O3/c1-15-12(18)9-14(20)5-3-7-17(10-14)13(19)8-11-4-2-6-16-11/h2,4,6,16,20H,3,5,7-10H2,1H3,(H,15,18). The fraction of sp³-hybridized carbons (Fsp3) is 0.571. The van der Waals surface area contributed by atoms with Gasteiger partial charge in [0.1, 0.15) is 0 Å². The highest BCUT2D eigenvalue weighted by molar-refractivity contribution is 5.79. The molecule has 6 nitrogen and oxygen atoms in total. The molecule has 1 saturated heterocycles. The van der Waals surface area contributed by atoms with Crippen LogP contribution >= 0.6 is 0 Å². The molecule has 0 aromatic carbocycles. The highest BCUT2D eigenvalue weighted by atomic mass is 16.3. The average molecular weight is 279 g/mol. The maximum Gasteiger partial charge on any atom is 0.228 e. The molecule has 0 saturated carbocycles. The van der Waals surface area contributed by atoms with E-state index in [4.69, 9.17) is 0 Å². The Morgan fingerprint density at radius 2 is 2.35 bits per heavy atom. The summed E-state index contributed by atoms with van der Waals surface area (Å²) in [5.74, 6) is -0.228. The number of aromatic nitrogens is 1. The van der Waals surface area contributed by atoms with Gasteiger partial charge in [-0.3, -0.25) is 9.59 Å². The second kappa shape index (κ2) is 6.09. The molecule has 1 aromatic heterocycles. The predicted octanol–water partition coefficient (Wildman–Crippen LogP) is 0.0468. The van der Waals surface area contributed by atoms with Crippen molar-refractivity contribution in [3.63, 3.8) is 0 Å². The molecule has 2 heterocycles. The van der Waals surface area contributed by atoms with Crippen LogP contribution in [0.3, 0.4) is 0 Å². The van der Waals surface area contributed by atoms with E-state index in [1.807, 2.05) is 12.1 Å². The van der Waals surface area contributed by atoms with Gasteiger partial charge < -0.3 is 20.3 Å². The third kappa shape index (κ3) is 3.60. The van der Waals surface area contributed by atoms with Crippen LogP contribution in [0.2, 0.25) is 0 Å². The number of amides is 2. The van der Waals surface area contributed by atoms with Gasteiger partial charge in [-0.1, -0.05) is 0 Å². The monoisotopic (exact) mass is 279 g/mol. The van der Waals surface area contributed by atoms with Gasteiger partial charge in [-0.25, -0.2) is 0 Å². The van der Waals surface area contributed by atoms with Crippen LogP contribution in [-0.4, -0.2) is 52.5 Å². The quantitative estimate of drug-likeness (QED) is 0.728. The van der Waals surface area contributed by atoms with Gasteiger partial charge >= 0.3 is 0 Å². The molecule has 1 fully saturated rings. The van der Waals surface area contributed by atoms with Gasteiger partial charge in [-0.2, -0.15) is 0 Å². The Bertz CT molecular complexity index is 472. The summed E-state index contributed by atoms with van der Waals surface area (Å²) in [6.07, 6.45) is 3.37. The number of aliphatic hydroxyl groups is 1. The molecule has 1 atom stereocenters. The summed E-state index contributed by atoms with van der Waals surface area (Å²) in [6.45, 7) is 0.857. The zero-order valence-corrected chi connectivity index (χ0v) is 11.7. The van der Waals surface area contributed by atoms with Gasteiger partial charge in [0.2, 0.25) is 11.8 Å². The van der Waals surface area contributed by atoms with Gasteiger partial charge in [0.15, 0.2) is 0 Å². The van der Waals surface area contributed by atoms with Crippen molar-refractivity contribution in [2.45, 2.75) is 31.3 Å². The molecule has 1 unspecified atom stereocenters. The number of hydrogen-bond acceptors (Lipinski definition) is 3. The van der Waals surface area contributed by atoms with Crippen molar-refractivity contribution < 1.29 is 14.7 Å². The third-order valence-corrected chi connectivity index (χ3v) is 3.68. The largest absolute Gasteiger partial charge is 0.388 e. The van der Waals surface area contributed by atoms with Crippen molar-refractivity contribution in [3.8, 4) is 0 Å². The molecule has 1 aromatic rings. The van der Waals surface area contributed by atoms with Crippen molar-refractivity contribution in [1.82, 2.24) is 15.2 Å². The van der Waals surface area contributed by atoms with E-state index in [2.05, 4.69) is 10.3 Å². The van der Waals surface area contributed by atoms with Crippen LogP contribution in [0.15, 0.2) is 18.3 Å². The van der Waals surface area contributed by atoms with E-state index in [9.17, 15) is 14.7 Å². The molecule has 2 amide bonds. The second-order valence-electron chi connectivity index (χ2n) is 5.37.